The largest absolute Gasteiger partial charge is 0.488 e. The molecule has 100 valence electrons. The fourth-order valence-electron chi connectivity index (χ4n) is 1.88. The number of nitrogens with one attached hydrogen (secondary N) is 1. The van der Waals surface area contributed by atoms with Gasteiger partial charge in [-0.1, -0.05) is 0 Å². The minimum atomic E-state index is -2.76. The lowest BCUT2D eigenvalue weighted by atomic mass is 10.1. The first kappa shape index (κ1) is 13.2. The Bertz CT molecular complexity index is 414. The van der Waals surface area contributed by atoms with Gasteiger partial charge in [0.15, 0.2) is 0 Å². The maximum absolute atomic E-state index is 12.9. The fourth-order valence-corrected chi connectivity index (χ4v) is 1.88. The van der Waals surface area contributed by atoms with Crippen LogP contribution in [0.2, 0.25) is 0 Å². The van der Waals surface area contributed by atoms with E-state index < -0.39 is 12.5 Å². The summed E-state index contributed by atoms with van der Waals surface area (Å²) in [6.45, 7) is 0.141. The van der Waals surface area contributed by atoms with E-state index in [-0.39, 0.29) is 18.5 Å². The lowest BCUT2D eigenvalue weighted by Gasteiger charge is -2.14. The van der Waals surface area contributed by atoms with Gasteiger partial charge in [-0.2, -0.15) is 0 Å². The Morgan fingerprint density at radius 2 is 2.22 bits per heavy atom. The molecule has 0 amide bonds. The van der Waals surface area contributed by atoms with Crippen molar-refractivity contribution in [3.05, 3.63) is 29.6 Å². The molecule has 0 bridgehead atoms. The summed E-state index contributed by atoms with van der Waals surface area (Å²) in [5, 5.41) is 11.6. The van der Waals surface area contributed by atoms with E-state index in [1.807, 2.05) is 0 Å². The second kappa shape index (κ2) is 5.58. The van der Waals surface area contributed by atoms with Crippen molar-refractivity contribution in [2.24, 2.45) is 0 Å². The van der Waals surface area contributed by atoms with E-state index in [4.69, 9.17) is 9.84 Å². The van der Waals surface area contributed by atoms with Crippen LogP contribution in [-0.2, 0) is 6.42 Å². The van der Waals surface area contributed by atoms with Gasteiger partial charge in [0.2, 0.25) is 0 Å². The molecular weight excluding hydrogens is 247 g/mol. The van der Waals surface area contributed by atoms with Crippen LogP contribution >= 0.6 is 0 Å². The van der Waals surface area contributed by atoms with Crippen molar-refractivity contribution in [3.8, 4) is 5.75 Å². The van der Waals surface area contributed by atoms with E-state index in [9.17, 15) is 13.2 Å². The number of benzene rings is 1. The molecule has 3 nitrogen and oxygen atoms in total. The minimum Gasteiger partial charge on any atom is -0.488 e. The third-order valence-electron chi connectivity index (χ3n) is 2.78. The molecule has 0 spiro atoms. The highest BCUT2D eigenvalue weighted by molar-refractivity contribution is 5.37. The summed E-state index contributed by atoms with van der Waals surface area (Å²) in [4.78, 5) is 0. The first-order chi connectivity index (χ1) is 8.56. The average molecular weight is 261 g/mol. The van der Waals surface area contributed by atoms with Gasteiger partial charge in [-0.25, -0.2) is 13.2 Å². The van der Waals surface area contributed by atoms with Gasteiger partial charge >= 0.3 is 0 Å². The van der Waals surface area contributed by atoms with Crippen molar-refractivity contribution in [3.63, 3.8) is 0 Å². The molecule has 6 heteroatoms. The standard InChI is InChI=1S/C12H14F3NO2/c13-8-1-2-11-7(3-8)4-9(18-11)5-16-6-10(17)12(14)15/h1-3,9-10,12,16-17H,4-6H2. The minimum absolute atomic E-state index is 0.192. The van der Waals surface area contributed by atoms with Gasteiger partial charge in [0.05, 0.1) is 0 Å². The Kier molecular flexibility index (Phi) is 4.08. The Balaban J connectivity index is 1.78. The Labute approximate surface area is 103 Å². The summed E-state index contributed by atoms with van der Waals surface area (Å²) >= 11 is 0. The number of fused-ring (bicyclic) bond motifs is 1. The van der Waals surface area contributed by atoms with Crippen LogP contribution in [0.5, 0.6) is 5.75 Å². The number of hydrogen-bond acceptors (Lipinski definition) is 3. The monoisotopic (exact) mass is 261 g/mol. The molecule has 1 aliphatic rings. The normalized spacial score (nSPS) is 19.7. The van der Waals surface area contributed by atoms with Gasteiger partial charge < -0.3 is 15.2 Å². The molecule has 1 aliphatic heterocycles. The van der Waals surface area contributed by atoms with Gasteiger partial charge in [0.1, 0.15) is 23.8 Å². The molecule has 2 N–H and O–H groups in total. The molecule has 0 saturated heterocycles. The zero-order valence-corrected chi connectivity index (χ0v) is 9.57. The Morgan fingerprint density at radius 3 is 2.94 bits per heavy atom. The van der Waals surface area contributed by atoms with Crippen molar-refractivity contribution in [1.29, 1.82) is 0 Å². The van der Waals surface area contributed by atoms with E-state index in [2.05, 4.69) is 5.32 Å². The number of halogens is 3. The van der Waals surface area contributed by atoms with Crippen LogP contribution in [0.15, 0.2) is 18.2 Å². The third-order valence-corrected chi connectivity index (χ3v) is 2.78. The quantitative estimate of drug-likeness (QED) is 0.840. The molecule has 1 aromatic rings. The number of aliphatic hydroxyl groups is 1. The van der Waals surface area contributed by atoms with Crippen LogP contribution in [0.3, 0.4) is 0 Å². The summed E-state index contributed by atoms with van der Waals surface area (Å²) in [6.07, 6.45) is -4.11. The van der Waals surface area contributed by atoms with Gasteiger partial charge in [-0.15, -0.1) is 0 Å². The molecule has 0 aliphatic carbocycles. The summed E-state index contributed by atoms with van der Waals surface area (Å²) in [7, 11) is 0. The van der Waals surface area contributed by atoms with E-state index in [0.717, 1.165) is 5.56 Å². The molecule has 2 unspecified atom stereocenters. The van der Waals surface area contributed by atoms with E-state index in [1.165, 1.54) is 12.1 Å². The van der Waals surface area contributed by atoms with Crippen molar-refractivity contribution < 1.29 is 23.0 Å². The predicted molar refractivity (Wildman–Crippen MR) is 59.4 cm³/mol. The van der Waals surface area contributed by atoms with Gasteiger partial charge in [0.25, 0.3) is 6.43 Å². The number of aliphatic hydroxyl groups excluding tert-OH is 1. The summed E-state index contributed by atoms with van der Waals surface area (Å²) in [5.74, 6) is 0.302. The number of alkyl halides is 2. The molecule has 2 atom stereocenters. The Hall–Kier alpha value is -1.27. The van der Waals surface area contributed by atoms with Crippen LogP contribution in [-0.4, -0.2) is 36.8 Å². The van der Waals surface area contributed by atoms with E-state index in [1.54, 1.807) is 6.07 Å². The van der Waals surface area contributed by atoms with Crippen molar-refractivity contribution in [2.75, 3.05) is 13.1 Å². The molecule has 2 rings (SSSR count). The molecule has 0 radical (unpaired) electrons. The van der Waals surface area contributed by atoms with Crippen LogP contribution in [0.4, 0.5) is 13.2 Å². The van der Waals surface area contributed by atoms with Crippen LogP contribution in [0.25, 0.3) is 0 Å². The topological polar surface area (TPSA) is 41.5 Å². The lowest BCUT2D eigenvalue weighted by molar-refractivity contribution is -0.00410. The molecule has 0 aromatic heterocycles. The highest BCUT2D eigenvalue weighted by Crippen LogP contribution is 2.28. The maximum atomic E-state index is 12.9. The predicted octanol–water partition coefficient (Wildman–Crippen LogP) is 1.34. The van der Waals surface area contributed by atoms with Crippen LogP contribution in [0.1, 0.15) is 5.56 Å². The summed E-state index contributed by atoms with van der Waals surface area (Å²) in [6, 6.07) is 4.28. The van der Waals surface area contributed by atoms with Gasteiger partial charge in [-0.3, -0.25) is 0 Å². The van der Waals surface area contributed by atoms with E-state index >= 15 is 0 Å². The number of rotatable bonds is 5. The van der Waals surface area contributed by atoms with Gasteiger partial charge in [0, 0.05) is 25.1 Å². The molecule has 1 aromatic carbocycles. The highest BCUT2D eigenvalue weighted by Gasteiger charge is 2.23. The summed E-state index contributed by atoms with van der Waals surface area (Å²) < 4.78 is 42.5. The molecule has 1 heterocycles. The second-order valence-corrected chi connectivity index (χ2v) is 4.26. The van der Waals surface area contributed by atoms with Crippen molar-refractivity contribution in [1.82, 2.24) is 5.32 Å². The molecule has 0 fully saturated rings. The molecule has 0 saturated carbocycles. The highest BCUT2D eigenvalue weighted by atomic mass is 19.3. The van der Waals surface area contributed by atoms with Crippen molar-refractivity contribution >= 4 is 0 Å². The van der Waals surface area contributed by atoms with Crippen molar-refractivity contribution in [2.45, 2.75) is 25.1 Å². The smallest absolute Gasteiger partial charge is 0.265 e. The van der Waals surface area contributed by atoms with Crippen LogP contribution < -0.4 is 10.1 Å². The Morgan fingerprint density at radius 1 is 1.44 bits per heavy atom. The number of hydrogen-bond donors (Lipinski definition) is 2. The fraction of sp³-hybridized carbons (Fsp3) is 0.500. The molecule has 18 heavy (non-hydrogen) atoms. The second-order valence-electron chi connectivity index (χ2n) is 4.26. The zero-order valence-electron chi connectivity index (χ0n) is 9.57. The maximum Gasteiger partial charge on any atom is 0.265 e. The zero-order chi connectivity index (χ0) is 13.1. The van der Waals surface area contributed by atoms with Gasteiger partial charge in [-0.05, 0) is 18.2 Å². The first-order valence-electron chi connectivity index (χ1n) is 5.68. The SMILES string of the molecule is OC(CNCC1Cc2cc(F)ccc2O1)C(F)F. The van der Waals surface area contributed by atoms with Crippen LogP contribution in [0, 0.1) is 5.82 Å². The molecular formula is C12H14F3NO2. The first-order valence-corrected chi connectivity index (χ1v) is 5.68. The lowest BCUT2D eigenvalue weighted by Crippen LogP contribution is -2.37. The van der Waals surface area contributed by atoms with E-state index in [0.29, 0.717) is 18.7 Å². The third kappa shape index (κ3) is 3.14. The average Bonchev–Trinajstić information content (AvgIpc) is 2.70. The number of ether oxygens (including phenoxy) is 1. The summed E-state index contributed by atoms with van der Waals surface area (Å²) in [5.41, 5.74) is 0.774.